The van der Waals surface area contributed by atoms with E-state index in [1.54, 1.807) is 18.4 Å². The van der Waals surface area contributed by atoms with E-state index in [0.29, 0.717) is 10.1 Å². The summed E-state index contributed by atoms with van der Waals surface area (Å²) in [4.78, 5) is 12.5. The molecular weight excluding hydrogens is 342 g/mol. The maximum absolute atomic E-state index is 11.9. The molecule has 0 atom stereocenters. The Morgan fingerprint density at radius 3 is 2.12 bits per heavy atom. The lowest BCUT2D eigenvalue weighted by Gasteiger charge is -1.89. The number of allylic oxidation sites excluding steroid dienone is 3. The highest BCUT2D eigenvalue weighted by Crippen LogP contribution is 2.23. The normalized spacial score (nSPS) is 17.9. The van der Waals surface area contributed by atoms with Crippen LogP contribution in [-0.2, 0) is 4.79 Å². The quantitative estimate of drug-likeness (QED) is 0.485. The van der Waals surface area contributed by atoms with Crippen molar-refractivity contribution in [2.45, 2.75) is 0 Å². The molecule has 1 fully saturated rings. The minimum Gasteiger partial charge on any atom is -0.299 e. The summed E-state index contributed by atoms with van der Waals surface area (Å²) in [6.07, 6.45) is 10.9. The summed E-state index contributed by atoms with van der Waals surface area (Å²) in [5, 5.41) is 11.1. The minimum atomic E-state index is -0.165. The highest BCUT2D eigenvalue weighted by atomic mass is 32.2. The van der Waals surface area contributed by atoms with E-state index in [0.717, 1.165) is 11.1 Å². The lowest BCUT2D eigenvalue weighted by molar-refractivity contribution is -0.115. The van der Waals surface area contributed by atoms with Crippen LogP contribution < -0.4 is 5.32 Å². The van der Waals surface area contributed by atoms with Crippen molar-refractivity contribution < 1.29 is 4.79 Å². The van der Waals surface area contributed by atoms with Gasteiger partial charge < -0.3 is 0 Å². The lowest BCUT2D eigenvalue weighted by Crippen LogP contribution is -2.19. The second-order valence-electron chi connectivity index (χ2n) is 5.30. The van der Waals surface area contributed by atoms with Crippen molar-refractivity contribution in [2.75, 3.05) is 0 Å². The van der Waals surface area contributed by atoms with Gasteiger partial charge >= 0.3 is 0 Å². The van der Waals surface area contributed by atoms with Crippen molar-refractivity contribution >= 4 is 41.2 Å². The number of benzene rings is 2. The molecule has 0 unspecified atom stereocenters. The van der Waals surface area contributed by atoms with Gasteiger partial charge in [0.2, 0.25) is 0 Å². The van der Waals surface area contributed by atoms with Gasteiger partial charge in [-0.15, -0.1) is 5.10 Å². The summed E-state index contributed by atoms with van der Waals surface area (Å²) < 4.78 is 0. The Morgan fingerprint density at radius 2 is 1.46 bits per heavy atom. The van der Waals surface area contributed by atoms with Crippen LogP contribution in [0.25, 0.3) is 12.2 Å². The molecule has 0 radical (unpaired) electrons. The average molecular weight is 359 g/mol. The van der Waals surface area contributed by atoms with Gasteiger partial charge in [-0.1, -0.05) is 78.9 Å². The van der Waals surface area contributed by atoms with Crippen molar-refractivity contribution in [2.24, 2.45) is 10.2 Å². The van der Waals surface area contributed by atoms with Gasteiger partial charge in [-0.3, -0.25) is 10.1 Å². The van der Waals surface area contributed by atoms with E-state index >= 15 is 0 Å². The fourth-order valence-corrected chi connectivity index (χ4v) is 2.87. The van der Waals surface area contributed by atoms with Crippen LogP contribution in [0, 0.1) is 0 Å². The van der Waals surface area contributed by atoms with Crippen LogP contribution in [0.2, 0.25) is 0 Å². The van der Waals surface area contributed by atoms with Gasteiger partial charge in [0.1, 0.15) is 0 Å². The van der Waals surface area contributed by atoms with Crippen LogP contribution in [0.3, 0.4) is 0 Å². The van der Waals surface area contributed by atoms with Crippen LogP contribution >= 0.6 is 11.8 Å². The Kier molecular flexibility index (Phi) is 6.34. The zero-order chi connectivity index (χ0) is 18.0. The molecule has 1 amide bonds. The van der Waals surface area contributed by atoms with Gasteiger partial charge in [0.25, 0.3) is 5.91 Å². The van der Waals surface area contributed by atoms with Crippen molar-refractivity contribution in [3.05, 3.63) is 94.9 Å². The molecule has 2 aromatic carbocycles. The molecule has 3 rings (SSSR count). The number of amidine groups is 1. The maximum Gasteiger partial charge on any atom is 0.264 e. The third-order valence-electron chi connectivity index (χ3n) is 3.38. The van der Waals surface area contributed by atoms with E-state index in [2.05, 4.69) is 15.5 Å². The summed E-state index contributed by atoms with van der Waals surface area (Å²) in [7, 11) is 0. The molecule has 128 valence electrons. The fourth-order valence-electron chi connectivity index (χ4n) is 2.14. The molecule has 0 aromatic heterocycles. The van der Waals surface area contributed by atoms with Crippen LogP contribution in [0.5, 0.6) is 0 Å². The first-order valence-electron chi connectivity index (χ1n) is 8.06. The summed E-state index contributed by atoms with van der Waals surface area (Å²) in [6, 6.07) is 19.8. The zero-order valence-corrected chi connectivity index (χ0v) is 14.8. The van der Waals surface area contributed by atoms with E-state index in [1.165, 1.54) is 11.8 Å². The third-order valence-corrected chi connectivity index (χ3v) is 4.29. The van der Waals surface area contributed by atoms with E-state index in [4.69, 9.17) is 0 Å². The van der Waals surface area contributed by atoms with Crippen LogP contribution in [0.1, 0.15) is 11.1 Å². The molecule has 0 saturated carbocycles. The van der Waals surface area contributed by atoms with E-state index in [1.807, 2.05) is 78.9 Å². The Morgan fingerprint density at radius 1 is 0.846 bits per heavy atom. The monoisotopic (exact) mass is 359 g/mol. The molecule has 0 aliphatic carbocycles. The molecule has 4 nitrogen and oxygen atoms in total. The molecule has 1 N–H and O–H groups in total. The molecule has 5 heteroatoms. The average Bonchev–Trinajstić information content (AvgIpc) is 3.03. The van der Waals surface area contributed by atoms with Crippen LogP contribution in [0.4, 0.5) is 0 Å². The van der Waals surface area contributed by atoms with Crippen LogP contribution in [-0.4, -0.2) is 17.3 Å². The number of hydrogen-bond acceptors (Lipinski definition) is 4. The van der Waals surface area contributed by atoms with E-state index < -0.39 is 0 Å². The number of hydrogen-bond donors (Lipinski definition) is 1. The van der Waals surface area contributed by atoms with Gasteiger partial charge in [-0.2, -0.15) is 5.10 Å². The number of nitrogens with one attached hydrogen (secondary N) is 1. The fraction of sp³-hybridized carbons (Fsp3) is 0. The second kappa shape index (κ2) is 9.34. The summed E-state index contributed by atoms with van der Waals surface area (Å²) in [5.41, 5.74) is 2.17. The van der Waals surface area contributed by atoms with E-state index in [-0.39, 0.29) is 5.91 Å². The molecule has 0 spiro atoms. The number of amides is 1. The number of carbonyl (C=O) groups is 1. The van der Waals surface area contributed by atoms with E-state index in [9.17, 15) is 4.79 Å². The zero-order valence-electron chi connectivity index (χ0n) is 13.9. The standard InChI is InChI=1S/C21H17N3OS/c25-20-19(15-7-13-17-9-3-1-4-10-17)26-21(23-20)24-22-16-8-14-18-11-5-2-6-12-18/h1-16H,(H,23,24,25)/b13-7+,14-8+,19-15-,22-16+. The summed E-state index contributed by atoms with van der Waals surface area (Å²) in [6.45, 7) is 0. The number of rotatable bonds is 5. The highest BCUT2D eigenvalue weighted by molar-refractivity contribution is 8.18. The SMILES string of the molecule is O=C1N\C(=N/N=C/C=C/c2ccccc2)S/C1=C\C=C\c1ccccc1. The van der Waals surface area contributed by atoms with Crippen molar-refractivity contribution in [1.29, 1.82) is 0 Å². The van der Waals surface area contributed by atoms with Gasteiger partial charge in [0.05, 0.1) is 4.91 Å². The molecule has 26 heavy (non-hydrogen) atoms. The predicted octanol–water partition coefficient (Wildman–Crippen LogP) is 4.50. The number of thioether (sulfide) groups is 1. The Balaban J connectivity index is 1.56. The first-order valence-corrected chi connectivity index (χ1v) is 8.88. The summed E-state index contributed by atoms with van der Waals surface area (Å²) >= 11 is 1.27. The lowest BCUT2D eigenvalue weighted by atomic mass is 10.2. The predicted molar refractivity (Wildman–Crippen MR) is 111 cm³/mol. The molecule has 1 aliphatic heterocycles. The molecular formula is C21H17N3OS. The minimum absolute atomic E-state index is 0.165. The van der Waals surface area contributed by atoms with Gasteiger partial charge in [-0.05, 0) is 35.0 Å². The first-order chi connectivity index (χ1) is 12.8. The van der Waals surface area contributed by atoms with Crippen molar-refractivity contribution in [1.82, 2.24) is 5.32 Å². The van der Waals surface area contributed by atoms with Crippen molar-refractivity contribution in [3.8, 4) is 0 Å². The maximum atomic E-state index is 11.9. The largest absolute Gasteiger partial charge is 0.299 e. The Labute approximate surface area is 156 Å². The Bertz CT molecular complexity index is 897. The van der Waals surface area contributed by atoms with Crippen molar-refractivity contribution in [3.63, 3.8) is 0 Å². The van der Waals surface area contributed by atoms with Gasteiger partial charge in [0.15, 0.2) is 5.17 Å². The third kappa shape index (κ3) is 5.43. The molecule has 1 heterocycles. The smallest absolute Gasteiger partial charge is 0.264 e. The summed E-state index contributed by atoms with van der Waals surface area (Å²) in [5.74, 6) is -0.165. The Hall–Kier alpha value is -3.18. The topological polar surface area (TPSA) is 53.8 Å². The first kappa shape index (κ1) is 17.6. The number of nitrogens with zero attached hydrogens (tertiary/aromatic N) is 2. The van der Waals surface area contributed by atoms with Gasteiger partial charge in [-0.25, -0.2) is 0 Å². The van der Waals surface area contributed by atoms with Gasteiger partial charge in [0, 0.05) is 6.21 Å². The molecule has 2 aromatic rings. The van der Waals surface area contributed by atoms with Crippen LogP contribution in [0.15, 0.2) is 94.0 Å². The molecule has 0 bridgehead atoms. The highest BCUT2D eigenvalue weighted by Gasteiger charge is 2.22. The molecule has 1 saturated heterocycles. The molecule has 1 aliphatic rings. The number of carbonyl (C=O) groups excluding carboxylic acids is 1. The second-order valence-corrected chi connectivity index (χ2v) is 6.33.